The Morgan fingerprint density at radius 2 is 1.76 bits per heavy atom. The van der Waals surface area contributed by atoms with Crippen molar-refractivity contribution < 1.29 is 0 Å². The second-order valence-electron chi connectivity index (χ2n) is 4.67. The van der Waals surface area contributed by atoms with Gasteiger partial charge in [-0.2, -0.15) is 0 Å². The lowest BCUT2D eigenvalue weighted by molar-refractivity contribution is 0.522. The fourth-order valence-corrected chi connectivity index (χ4v) is 1.97. The molecule has 1 atom stereocenters. The highest BCUT2D eigenvalue weighted by Crippen LogP contribution is 2.21. The largest absolute Gasteiger partial charge is 0.310 e. The van der Waals surface area contributed by atoms with Gasteiger partial charge in [0, 0.05) is 12.5 Å². The molecule has 1 unspecified atom stereocenters. The van der Waals surface area contributed by atoms with Gasteiger partial charge < -0.3 is 5.32 Å². The Bertz CT molecular complexity index is 356. The Balaban J connectivity index is 2.76. The maximum absolute atomic E-state index is 5.34. The van der Waals surface area contributed by atoms with Gasteiger partial charge in [-0.05, 0) is 30.0 Å². The summed E-state index contributed by atoms with van der Waals surface area (Å²) in [7, 11) is 0. The van der Waals surface area contributed by atoms with Gasteiger partial charge in [0.1, 0.15) is 0 Å². The highest BCUT2D eigenvalue weighted by molar-refractivity contribution is 5.27. The molecular weight excluding hydrogens is 206 g/mol. The smallest absolute Gasteiger partial charge is 0.0329 e. The highest BCUT2D eigenvalue weighted by atomic mass is 14.9. The van der Waals surface area contributed by atoms with Crippen LogP contribution in [0.4, 0.5) is 0 Å². The minimum absolute atomic E-state index is 0.386. The summed E-state index contributed by atoms with van der Waals surface area (Å²) in [6, 6.07) is 9.27. The predicted molar refractivity (Wildman–Crippen MR) is 75.0 cm³/mol. The van der Waals surface area contributed by atoms with Crippen LogP contribution < -0.4 is 5.32 Å². The molecule has 0 aliphatic carbocycles. The molecule has 1 nitrogen and oxygen atoms in total. The first-order valence-electron chi connectivity index (χ1n) is 6.45. The van der Waals surface area contributed by atoms with Crippen LogP contribution in [0, 0.1) is 12.3 Å². The predicted octanol–water partition coefficient (Wildman–Crippen LogP) is 3.87. The molecule has 0 amide bonds. The van der Waals surface area contributed by atoms with Crippen molar-refractivity contribution in [3.63, 3.8) is 0 Å². The SMILES string of the molecule is C#CCCC(NCC)c1ccc(C(C)C)cc1. The Morgan fingerprint density at radius 3 is 2.24 bits per heavy atom. The van der Waals surface area contributed by atoms with E-state index >= 15 is 0 Å². The van der Waals surface area contributed by atoms with Crippen molar-refractivity contribution in [3.05, 3.63) is 35.4 Å². The van der Waals surface area contributed by atoms with E-state index in [-0.39, 0.29) is 0 Å². The minimum Gasteiger partial charge on any atom is -0.310 e. The van der Waals surface area contributed by atoms with E-state index in [1.54, 1.807) is 0 Å². The molecule has 1 aromatic rings. The number of hydrogen-bond donors (Lipinski definition) is 1. The number of rotatable bonds is 6. The molecule has 0 fully saturated rings. The Morgan fingerprint density at radius 1 is 1.18 bits per heavy atom. The van der Waals surface area contributed by atoms with Crippen LogP contribution in [-0.4, -0.2) is 6.54 Å². The van der Waals surface area contributed by atoms with E-state index in [9.17, 15) is 0 Å². The van der Waals surface area contributed by atoms with Crippen LogP contribution in [-0.2, 0) is 0 Å². The maximum Gasteiger partial charge on any atom is 0.0329 e. The summed E-state index contributed by atoms with van der Waals surface area (Å²) in [5.41, 5.74) is 2.73. The first-order valence-corrected chi connectivity index (χ1v) is 6.45. The van der Waals surface area contributed by atoms with E-state index in [0.29, 0.717) is 12.0 Å². The lowest BCUT2D eigenvalue weighted by atomic mass is 9.97. The summed E-state index contributed by atoms with van der Waals surface area (Å²) in [4.78, 5) is 0. The summed E-state index contributed by atoms with van der Waals surface area (Å²) in [5, 5.41) is 3.49. The quantitative estimate of drug-likeness (QED) is 0.730. The zero-order valence-electron chi connectivity index (χ0n) is 11.2. The van der Waals surface area contributed by atoms with Gasteiger partial charge in [0.25, 0.3) is 0 Å². The van der Waals surface area contributed by atoms with Gasteiger partial charge in [-0.15, -0.1) is 12.3 Å². The second kappa shape index (κ2) is 7.14. The summed E-state index contributed by atoms with van der Waals surface area (Å²) in [6.45, 7) is 7.54. The Hall–Kier alpha value is -1.26. The van der Waals surface area contributed by atoms with Crippen LogP contribution in [0.2, 0.25) is 0 Å². The van der Waals surface area contributed by atoms with Gasteiger partial charge in [0.2, 0.25) is 0 Å². The van der Waals surface area contributed by atoms with Crippen molar-refractivity contribution >= 4 is 0 Å². The number of hydrogen-bond acceptors (Lipinski definition) is 1. The number of benzene rings is 1. The minimum atomic E-state index is 0.386. The molecule has 0 bridgehead atoms. The van der Waals surface area contributed by atoms with E-state index < -0.39 is 0 Å². The molecule has 0 saturated carbocycles. The molecule has 0 aliphatic rings. The standard InChI is InChI=1S/C16H23N/c1-5-7-8-16(17-6-2)15-11-9-14(10-12-15)13(3)4/h1,9-13,16-17H,6-8H2,2-4H3. The van der Waals surface area contributed by atoms with Crippen LogP contribution in [0.5, 0.6) is 0 Å². The molecule has 0 aromatic heterocycles. The fourth-order valence-electron chi connectivity index (χ4n) is 1.97. The summed E-state index contributed by atoms with van der Waals surface area (Å²) in [6.07, 6.45) is 7.17. The molecule has 1 rings (SSSR count). The highest BCUT2D eigenvalue weighted by Gasteiger charge is 2.09. The summed E-state index contributed by atoms with van der Waals surface area (Å²) >= 11 is 0. The molecule has 0 saturated heterocycles. The maximum atomic E-state index is 5.34. The topological polar surface area (TPSA) is 12.0 Å². The van der Waals surface area contributed by atoms with Crippen molar-refractivity contribution in [1.82, 2.24) is 5.32 Å². The Labute approximate surface area is 106 Å². The van der Waals surface area contributed by atoms with Gasteiger partial charge in [-0.25, -0.2) is 0 Å². The van der Waals surface area contributed by atoms with E-state index in [0.717, 1.165) is 19.4 Å². The summed E-state index contributed by atoms with van der Waals surface area (Å²) < 4.78 is 0. The van der Waals surface area contributed by atoms with Crippen LogP contribution in [0.25, 0.3) is 0 Å². The molecule has 0 aliphatic heterocycles. The van der Waals surface area contributed by atoms with E-state index in [1.165, 1.54) is 11.1 Å². The van der Waals surface area contributed by atoms with Crippen molar-refractivity contribution in [2.24, 2.45) is 0 Å². The second-order valence-corrected chi connectivity index (χ2v) is 4.67. The Kier molecular flexibility index (Phi) is 5.80. The normalized spacial score (nSPS) is 12.4. The van der Waals surface area contributed by atoms with Crippen molar-refractivity contribution in [2.75, 3.05) is 6.54 Å². The molecule has 1 N–H and O–H groups in total. The summed E-state index contributed by atoms with van der Waals surface area (Å²) in [5.74, 6) is 3.31. The zero-order chi connectivity index (χ0) is 12.7. The van der Waals surface area contributed by atoms with Crippen molar-refractivity contribution in [1.29, 1.82) is 0 Å². The average molecular weight is 229 g/mol. The van der Waals surface area contributed by atoms with Gasteiger partial charge in [-0.3, -0.25) is 0 Å². The van der Waals surface area contributed by atoms with Gasteiger partial charge in [0.15, 0.2) is 0 Å². The third-order valence-electron chi connectivity index (χ3n) is 3.03. The lowest BCUT2D eigenvalue weighted by Crippen LogP contribution is -2.20. The molecule has 0 heterocycles. The fraction of sp³-hybridized carbons (Fsp3) is 0.500. The van der Waals surface area contributed by atoms with Gasteiger partial charge >= 0.3 is 0 Å². The average Bonchev–Trinajstić information content (AvgIpc) is 2.34. The van der Waals surface area contributed by atoms with Crippen LogP contribution in [0.1, 0.15) is 56.7 Å². The molecule has 1 heteroatoms. The van der Waals surface area contributed by atoms with Crippen LogP contribution >= 0.6 is 0 Å². The molecule has 92 valence electrons. The monoisotopic (exact) mass is 229 g/mol. The van der Waals surface area contributed by atoms with Gasteiger partial charge in [0.05, 0.1) is 0 Å². The van der Waals surface area contributed by atoms with Crippen molar-refractivity contribution in [2.45, 2.75) is 45.6 Å². The molecule has 0 spiro atoms. The first-order chi connectivity index (χ1) is 8.19. The third-order valence-corrected chi connectivity index (χ3v) is 3.03. The van der Waals surface area contributed by atoms with Gasteiger partial charge in [-0.1, -0.05) is 45.0 Å². The lowest BCUT2D eigenvalue weighted by Gasteiger charge is -2.18. The third kappa shape index (κ3) is 4.24. The van der Waals surface area contributed by atoms with E-state index in [1.807, 2.05) is 0 Å². The van der Waals surface area contributed by atoms with Crippen LogP contribution in [0.15, 0.2) is 24.3 Å². The van der Waals surface area contributed by atoms with Crippen LogP contribution in [0.3, 0.4) is 0 Å². The van der Waals surface area contributed by atoms with E-state index in [2.05, 4.69) is 56.3 Å². The number of terminal acetylenes is 1. The zero-order valence-corrected chi connectivity index (χ0v) is 11.2. The number of nitrogens with one attached hydrogen (secondary N) is 1. The molecule has 0 radical (unpaired) electrons. The first kappa shape index (κ1) is 13.8. The van der Waals surface area contributed by atoms with E-state index in [4.69, 9.17) is 6.42 Å². The molecule has 17 heavy (non-hydrogen) atoms. The molecular formula is C16H23N. The van der Waals surface area contributed by atoms with Crippen molar-refractivity contribution in [3.8, 4) is 12.3 Å². The molecule has 1 aromatic carbocycles.